The Morgan fingerprint density at radius 1 is 1.09 bits per heavy atom. The van der Waals surface area contributed by atoms with Gasteiger partial charge in [-0.2, -0.15) is 9.78 Å². The second kappa shape index (κ2) is 10.0. The smallest absolute Gasteiger partial charge is 0.359 e. The van der Waals surface area contributed by atoms with E-state index < -0.39 is 11.5 Å². The summed E-state index contributed by atoms with van der Waals surface area (Å²) >= 11 is 1.19. The zero-order valence-electron chi connectivity index (χ0n) is 19.2. The van der Waals surface area contributed by atoms with Gasteiger partial charge in [0.15, 0.2) is 5.69 Å². The number of aromatic nitrogens is 2. The molecule has 0 saturated carbocycles. The first-order valence-electron chi connectivity index (χ1n) is 11.1. The van der Waals surface area contributed by atoms with E-state index in [1.807, 2.05) is 56.3 Å². The number of ether oxygens (including phenoxy) is 1. The lowest BCUT2D eigenvalue weighted by atomic mass is 9.96. The molecule has 4 aromatic rings. The van der Waals surface area contributed by atoms with Gasteiger partial charge in [-0.25, -0.2) is 4.79 Å². The summed E-state index contributed by atoms with van der Waals surface area (Å²) in [6.45, 7) is 5.76. The third-order valence-electron chi connectivity index (χ3n) is 5.56. The average Bonchev–Trinajstić information content (AvgIpc) is 3.25. The van der Waals surface area contributed by atoms with Crippen molar-refractivity contribution >= 4 is 39.0 Å². The number of fused-ring (bicyclic) bond motifs is 1. The number of carbonyl (C=O) groups is 2. The maximum atomic E-state index is 13.5. The van der Waals surface area contributed by atoms with Gasteiger partial charge < -0.3 is 10.1 Å². The number of nitrogens with zero attached hydrogens (tertiary/aromatic N) is 2. The highest BCUT2D eigenvalue weighted by molar-refractivity contribution is 7.16. The van der Waals surface area contributed by atoms with Crippen molar-refractivity contribution in [3.63, 3.8) is 0 Å². The highest BCUT2D eigenvalue weighted by Crippen LogP contribution is 2.32. The zero-order chi connectivity index (χ0) is 24.2. The molecule has 0 unspecified atom stereocenters. The molecule has 1 N–H and O–H groups in total. The van der Waals surface area contributed by atoms with E-state index >= 15 is 0 Å². The maximum Gasteiger partial charge on any atom is 0.359 e. The van der Waals surface area contributed by atoms with E-state index in [1.165, 1.54) is 16.0 Å². The number of rotatable bonds is 7. The first-order valence-corrected chi connectivity index (χ1v) is 12.0. The summed E-state index contributed by atoms with van der Waals surface area (Å²) in [5.41, 5.74) is 2.05. The number of esters is 1. The van der Waals surface area contributed by atoms with E-state index in [0.717, 1.165) is 11.1 Å². The lowest BCUT2D eigenvalue weighted by Gasteiger charge is -2.15. The number of benzene rings is 2. The molecule has 0 aliphatic heterocycles. The minimum atomic E-state index is -0.625. The Morgan fingerprint density at radius 2 is 1.79 bits per heavy atom. The number of aryl methyl sites for hydroxylation is 1. The van der Waals surface area contributed by atoms with Crippen LogP contribution in [0.1, 0.15) is 47.8 Å². The van der Waals surface area contributed by atoms with E-state index in [1.54, 1.807) is 24.4 Å². The molecule has 0 radical (unpaired) electrons. The molecule has 7 nitrogen and oxygen atoms in total. The van der Waals surface area contributed by atoms with Gasteiger partial charge in [-0.05, 0) is 38.0 Å². The zero-order valence-corrected chi connectivity index (χ0v) is 20.0. The van der Waals surface area contributed by atoms with E-state index in [2.05, 4.69) is 10.4 Å². The molecule has 0 bridgehead atoms. The fraction of sp³-hybridized carbons (Fsp3) is 0.231. The Balaban J connectivity index is 1.84. The monoisotopic (exact) mass is 475 g/mol. The quantitative estimate of drug-likeness (QED) is 0.377. The van der Waals surface area contributed by atoms with Gasteiger partial charge in [0.1, 0.15) is 5.00 Å². The lowest BCUT2D eigenvalue weighted by molar-refractivity contribution is -0.117. The van der Waals surface area contributed by atoms with Crippen molar-refractivity contribution in [1.29, 1.82) is 0 Å². The summed E-state index contributed by atoms with van der Waals surface area (Å²) in [6.07, 6.45) is 0.600. The molecule has 2 heterocycles. The van der Waals surface area contributed by atoms with Crippen molar-refractivity contribution in [3.05, 3.63) is 87.2 Å². The van der Waals surface area contributed by atoms with Gasteiger partial charge in [0.05, 0.1) is 23.6 Å². The number of hydrogen-bond acceptors (Lipinski definition) is 6. The number of carbonyl (C=O) groups excluding carboxylic acids is 2. The van der Waals surface area contributed by atoms with E-state index in [9.17, 15) is 14.4 Å². The second-order valence-corrected chi connectivity index (χ2v) is 8.72. The molecule has 0 fully saturated rings. The molecule has 0 saturated heterocycles. The molecule has 2 aromatic carbocycles. The SMILES string of the molecule is CCOC(=O)c1nn(-c2ccc(C)cc2)c(=O)c2c(NC(=O)[C@H](CC)c3ccccc3)scc12. The molecule has 0 aliphatic rings. The predicted octanol–water partition coefficient (Wildman–Crippen LogP) is 5.06. The normalized spacial score (nSPS) is 11.9. The number of anilines is 1. The number of amides is 1. The third kappa shape index (κ3) is 4.49. The van der Waals surface area contributed by atoms with E-state index in [4.69, 9.17) is 4.74 Å². The largest absolute Gasteiger partial charge is 0.461 e. The van der Waals surface area contributed by atoms with Crippen LogP contribution >= 0.6 is 11.3 Å². The van der Waals surface area contributed by atoms with Crippen LogP contribution in [0.2, 0.25) is 0 Å². The summed E-state index contributed by atoms with van der Waals surface area (Å²) < 4.78 is 6.38. The van der Waals surface area contributed by atoms with Crippen molar-refractivity contribution in [3.8, 4) is 5.69 Å². The Hall–Kier alpha value is -3.78. The summed E-state index contributed by atoms with van der Waals surface area (Å²) in [5, 5.41) is 9.90. The molecule has 0 spiro atoms. The van der Waals surface area contributed by atoms with E-state index in [-0.39, 0.29) is 29.5 Å². The van der Waals surface area contributed by atoms with Gasteiger partial charge in [-0.3, -0.25) is 9.59 Å². The molecule has 8 heteroatoms. The number of nitrogens with one attached hydrogen (secondary N) is 1. The van der Waals surface area contributed by atoms with Crippen LogP contribution in [0, 0.1) is 6.92 Å². The fourth-order valence-electron chi connectivity index (χ4n) is 3.81. The molecule has 0 aliphatic carbocycles. The van der Waals surface area contributed by atoms with Crippen molar-refractivity contribution in [1.82, 2.24) is 9.78 Å². The molecule has 1 amide bonds. The van der Waals surface area contributed by atoms with Crippen LogP contribution < -0.4 is 10.9 Å². The molecular weight excluding hydrogens is 450 g/mol. The Bertz CT molecular complexity index is 1390. The van der Waals surface area contributed by atoms with Crippen molar-refractivity contribution in [2.75, 3.05) is 11.9 Å². The number of thiophene rings is 1. The topological polar surface area (TPSA) is 90.3 Å². The van der Waals surface area contributed by atoms with Gasteiger partial charge in [0.25, 0.3) is 5.56 Å². The highest BCUT2D eigenvalue weighted by Gasteiger charge is 2.25. The minimum Gasteiger partial charge on any atom is -0.461 e. The van der Waals surface area contributed by atoms with Crippen molar-refractivity contribution < 1.29 is 14.3 Å². The van der Waals surface area contributed by atoms with Gasteiger partial charge in [-0.15, -0.1) is 11.3 Å². The highest BCUT2D eigenvalue weighted by atomic mass is 32.1. The molecule has 174 valence electrons. The Labute approximate surface area is 201 Å². The van der Waals surface area contributed by atoms with Crippen LogP contribution in [0.15, 0.2) is 64.8 Å². The Morgan fingerprint density at radius 3 is 2.44 bits per heavy atom. The first kappa shape index (κ1) is 23.4. The van der Waals surface area contributed by atoms with Crippen LogP contribution in [0.4, 0.5) is 5.00 Å². The molecule has 4 rings (SSSR count). The lowest BCUT2D eigenvalue weighted by Crippen LogP contribution is -2.26. The molecule has 34 heavy (non-hydrogen) atoms. The fourth-order valence-corrected chi connectivity index (χ4v) is 4.75. The van der Waals surface area contributed by atoms with Crippen molar-refractivity contribution in [2.24, 2.45) is 0 Å². The van der Waals surface area contributed by atoms with Gasteiger partial charge in [0.2, 0.25) is 5.91 Å². The first-order chi connectivity index (χ1) is 16.4. The summed E-state index contributed by atoms with van der Waals surface area (Å²) in [7, 11) is 0. The van der Waals surface area contributed by atoms with Crippen LogP contribution in [0.25, 0.3) is 16.5 Å². The third-order valence-corrected chi connectivity index (χ3v) is 6.46. The van der Waals surface area contributed by atoms with Gasteiger partial charge in [-0.1, -0.05) is 55.0 Å². The van der Waals surface area contributed by atoms with Crippen LogP contribution in [-0.2, 0) is 9.53 Å². The standard InChI is InChI=1S/C26H25N3O4S/c1-4-19(17-9-7-6-8-10-17)23(30)27-24-21-20(15-34-24)22(26(32)33-5-2)28-29(25(21)31)18-13-11-16(3)12-14-18/h6-15,19H,4-5H2,1-3H3,(H,27,30)/t19-/m1/s1. The Kier molecular flexibility index (Phi) is 6.88. The average molecular weight is 476 g/mol. The molecule has 2 aromatic heterocycles. The molecule has 1 atom stereocenters. The van der Waals surface area contributed by atoms with E-state index in [0.29, 0.717) is 22.5 Å². The summed E-state index contributed by atoms with van der Waals surface area (Å²) in [5.74, 6) is -1.21. The van der Waals surface area contributed by atoms with Gasteiger partial charge in [0, 0.05) is 10.8 Å². The second-order valence-electron chi connectivity index (χ2n) is 7.84. The summed E-state index contributed by atoms with van der Waals surface area (Å²) in [6, 6.07) is 16.8. The summed E-state index contributed by atoms with van der Waals surface area (Å²) in [4.78, 5) is 39.4. The van der Waals surface area contributed by atoms with Crippen molar-refractivity contribution in [2.45, 2.75) is 33.1 Å². The minimum absolute atomic E-state index is 0.0314. The van der Waals surface area contributed by atoms with Crippen LogP contribution in [-0.4, -0.2) is 28.3 Å². The van der Waals surface area contributed by atoms with Gasteiger partial charge >= 0.3 is 5.97 Å². The maximum absolute atomic E-state index is 13.5. The van der Waals surface area contributed by atoms with Crippen LogP contribution in [0.3, 0.4) is 0 Å². The number of hydrogen-bond donors (Lipinski definition) is 1. The molecular formula is C26H25N3O4S. The predicted molar refractivity (Wildman–Crippen MR) is 134 cm³/mol. The van der Waals surface area contributed by atoms with Crippen LogP contribution in [0.5, 0.6) is 0 Å².